The highest BCUT2D eigenvalue weighted by Gasteiger charge is 2.01. The van der Waals surface area contributed by atoms with E-state index in [0.717, 1.165) is 0 Å². The number of carbonyl (C=O) groups is 1. The summed E-state index contributed by atoms with van der Waals surface area (Å²) in [4.78, 5) is 15.1. The Labute approximate surface area is 76.4 Å². The van der Waals surface area contributed by atoms with Crippen molar-refractivity contribution in [1.29, 1.82) is 0 Å². The highest BCUT2D eigenvalue weighted by Crippen LogP contribution is 1.89. The van der Waals surface area contributed by atoms with Crippen molar-refractivity contribution in [3.8, 4) is 0 Å². The molecule has 13 heavy (non-hydrogen) atoms. The zero-order valence-electron chi connectivity index (χ0n) is 7.31. The summed E-state index contributed by atoms with van der Waals surface area (Å²) in [5.41, 5.74) is 0. The molecule has 0 saturated heterocycles. The van der Waals surface area contributed by atoms with Crippen LogP contribution in [-0.2, 0) is 0 Å². The fraction of sp³-hybridized carbons (Fsp3) is 0.500. The maximum atomic E-state index is 11.3. The SMILES string of the molecule is O=C(CCNCCO)n1ccnc1. The topological polar surface area (TPSA) is 67.2 Å². The number of aliphatic hydroxyl groups excluding tert-OH is 1. The van der Waals surface area contributed by atoms with E-state index in [2.05, 4.69) is 10.3 Å². The summed E-state index contributed by atoms with van der Waals surface area (Å²) in [7, 11) is 0. The Hall–Kier alpha value is -1.20. The van der Waals surface area contributed by atoms with Gasteiger partial charge in [0.15, 0.2) is 0 Å². The van der Waals surface area contributed by atoms with Crippen LogP contribution in [0.15, 0.2) is 18.7 Å². The van der Waals surface area contributed by atoms with E-state index >= 15 is 0 Å². The first kappa shape index (κ1) is 9.88. The predicted molar refractivity (Wildman–Crippen MR) is 47.4 cm³/mol. The molecule has 0 spiro atoms. The van der Waals surface area contributed by atoms with Crippen LogP contribution in [-0.4, -0.2) is 40.3 Å². The molecule has 0 radical (unpaired) electrons. The first-order valence-electron chi connectivity index (χ1n) is 4.17. The third-order valence-corrected chi connectivity index (χ3v) is 1.60. The Balaban J connectivity index is 2.19. The van der Waals surface area contributed by atoms with Gasteiger partial charge in [-0.3, -0.25) is 9.36 Å². The minimum absolute atomic E-state index is 0.00272. The van der Waals surface area contributed by atoms with Crippen LogP contribution in [0.4, 0.5) is 0 Å². The lowest BCUT2D eigenvalue weighted by Gasteiger charge is -2.01. The number of hydrogen-bond donors (Lipinski definition) is 2. The van der Waals surface area contributed by atoms with Crippen molar-refractivity contribution in [3.63, 3.8) is 0 Å². The molecular weight excluding hydrogens is 170 g/mol. The van der Waals surface area contributed by atoms with Crippen molar-refractivity contribution >= 4 is 5.91 Å². The van der Waals surface area contributed by atoms with Crippen LogP contribution in [0, 0.1) is 0 Å². The molecule has 0 aliphatic heterocycles. The molecule has 0 aliphatic carbocycles. The number of imidazole rings is 1. The number of nitrogens with zero attached hydrogens (tertiary/aromatic N) is 2. The van der Waals surface area contributed by atoms with E-state index in [1.807, 2.05) is 0 Å². The number of aliphatic hydroxyl groups is 1. The van der Waals surface area contributed by atoms with Gasteiger partial charge in [0.25, 0.3) is 0 Å². The van der Waals surface area contributed by atoms with Crippen LogP contribution in [0.3, 0.4) is 0 Å². The van der Waals surface area contributed by atoms with Gasteiger partial charge in [0.05, 0.1) is 6.61 Å². The van der Waals surface area contributed by atoms with Crippen molar-refractivity contribution in [2.24, 2.45) is 0 Å². The molecule has 1 aromatic rings. The zero-order valence-corrected chi connectivity index (χ0v) is 7.31. The summed E-state index contributed by atoms with van der Waals surface area (Å²) in [5.74, 6) is 0.00272. The summed E-state index contributed by atoms with van der Waals surface area (Å²) in [6.07, 6.45) is 5.08. The third-order valence-electron chi connectivity index (χ3n) is 1.60. The number of hydrogen-bond acceptors (Lipinski definition) is 4. The standard InChI is InChI=1S/C8H13N3O2/c12-6-4-9-2-1-8(13)11-5-3-10-7-11/h3,5,7,9,12H,1-2,4,6H2. The van der Waals surface area contributed by atoms with Crippen molar-refractivity contribution < 1.29 is 9.90 Å². The van der Waals surface area contributed by atoms with Gasteiger partial charge in [0.1, 0.15) is 6.33 Å². The molecule has 0 aliphatic rings. The van der Waals surface area contributed by atoms with E-state index in [4.69, 9.17) is 5.11 Å². The third kappa shape index (κ3) is 3.35. The summed E-state index contributed by atoms with van der Waals surface area (Å²) < 4.78 is 1.45. The molecule has 0 bridgehead atoms. The Morgan fingerprint density at radius 2 is 2.38 bits per heavy atom. The van der Waals surface area contributed by atoms with E-state index in [-0.39, 0.29) is 12.5 Å². The zero-order chi connectivity index (χ0) is 9.52. The highest BCUT2D eigenvalue weighted by molar-refractivity contribution is 5.78. The monoisotopic (exact) mass is 183 g/mol. The minimum Gasteiger partial charge on any atom is -0.395 e. The van der Waals surface area contributed by atoms with Crippen molar-refractivity contribution in [2.75, 3.05) is 19.7 Å². The first-order chi connectivity index (χ1) is 6.34. The molecule has 2 N–H and O–H groups in total. The van der Waals surface area contributed by atoms with Gasteiger partial charge in [-0.1, -0.05) is 0 Å². The van der Waals surface area contributed by atoms with Crippen LogP contribution in [0.25, 0.3) is 0 Å². The predicted octanol–water partition coefficient (Wildman–Crippen LogP) is -0.505. The van der Waals surface area contributed by atoms with Gasteiger partial charge in [-0.25, -0.2) is 4.98 Å². The fourth-order valence-corrected chi connectivity index (χ4v) is 0.935. The molecular formula is C8H13N3O2. The molecule has 72 valence electrons. The smallest absolute Gasteiger partial charge is 0.233 e. The van der Waals surface area contributed by atoms with Crippen molar-refractivity contribution in [1.82, 2.24) is 14.9 Å². The average molecular weight is 183 g/mol. The fourth-order valence-electron chi connectivity index (χ4n) is 0.935. The second kappa shape index (κ2) is 5.45. The average Bonchev–Trinajstić information content (AvgIpc) is 2.65. The highest BCUT2D eigenvalue weighted by atomic mass is 16.3. The lowest BCUT2D eigenvalue weighted by atomic mass is 10.4. The first-order valence-corrected chi connectivity index (χ1v) is 4.17. The van der Waals surface area contributed by atoms with Crippen LogP contribution >= 0.6 is 0 Å². The number of aromatic nitrogens is 2. The molecule has 1 rings (SSSR count). The van der Waals surface area contributed by atoms with E-state index in [0.29, 0.717) is 19.5 Å². The minimum atomic E-state index is 0.00272. The molecule has 0 amide bonds. The summed E-state index contributed by atoms with van der Waals surface area (Å²) in [5, 5.41) is 11.4. The van der Waals surface area contributed by atoms with Gasteiger partial charge in [-0.2, -0.15) is 0 Å². The van der Waals surface area contributed by atoms with E-state index in [1.165, 1.54) is 10.9 Å². The van der Waals surface area contributed by atoms with Crippen molar-refractivity contribution in [3.05, 3.63) is 18.7 Å². The molecule has 0 fully saturated rings. The lowest BCUT2D eigenvalue weighted by molar-refractivity contribution is 0.0902. The molecule has 5 heteroatoms. The van der Waals surface area contributed by atoms with E-state index in [1.54, 1.807) is 12.4 Å². The molecule has 1 heterocycles. The Morgan fingerprint density at radius 3 is 3.00 bits per heavy atom. The molecule has 0 saturated carbocycles. The normalized spacial score (nSPS) is 10.2. The summed E-state index contributed by atoms with van der Waals surface area (Å²) in [6.45, 7) is 1.20. The Kier molecular flexibility index (Phi) is 4.14. The maximum absolute atomic E-state index is 11.3. The van der Waals surface area contributed by atoms with Gasteiger partial charge >= 0.3 is 0 Å². The van der Waals surface area contributed by atoms with Gasteiger partial charge in [0.2, 0.25) is 5.91 Å². The quantitative estimate of drug-likeness (QED) is 0.604. The number of nitrogens with one attached hydrogen (secondary N) is 1. The molecule has 1 aromatic heterocycles. The number of carbonyl (C=O) groups excluding carboxylic acids is 1. The van der Waals surface area contributed by atoms with Gasteiger partial charge in [-0.15, -0.1) is 0 Å². The molecule has 0 unspecified atom stereocenters. The largest absolute Gasteiger partial charge is 0.395 e. The van der Waals surface area contributed by atoms with E-state index < -0.39 is 0 Å². The van der Waals surface area contributed by atoms with E-state index in [9.17, 15) is 4.79 Å². The van der Waals surface area contributed by atoms with Crippen molar-refractivity contribution in [2.45, 2.75) is 6.42 Å². The maximum Gasteiger partial charge on any atom is 0.233 e. The second-order valence-corrected chi connectivity index (χ2v) is 2.59. The van der Waals surface area contributed by atoms with Gasteiger partial charge in [-0.05, 0) is 0 Å². The van der Waals surface area contributed by atoms with Crippen LogP contribution in [0.2, 0.25) is 0 Å². The molecule has 0 aromatic carbocycles. The summed E-state index contributed by atoms with van der Waals surface area (Å²) >= 11 is 0. The Morgan fingerprint density at radius 1 is 1.54 bits per heavy atom. The van der Waals surface area contributed by atoms with Crippen LogP contribution < -0.4 is 5.32 Å². The molecule has 0 atom stereocenters. The lowest BCUT2D eigenvalue weighted by Crippen LogP contribution is -2.23. The second-order valence-electron chi connectivity index (χ2n) is 2.59. The molecule has 5 nitrogen and oxygen atoms in total. The van der Waals surface area contributed by atoms with Crippen LogP contribution in [0.5, 0.6) is 0 Å². The van der Waals surface area contributed by atoms with Gasteiger partial charge < -0.3 is 10.4 Å². The van der Waals surface area contributed by atoms with Gasteiger partial charge in [0, 0.05) is 31.9 Å². The number of rotatable bonds is 5. The Bertz CT molecular complexity index is 246. The summed E-state index contributed by atoms with van der Waals surface area (Å²) in [6, 6.07) is 0. The van der Waals surface area contributed by atoms with Crippen LogP contribution in [0.1, 0.15) is 11.2 Å².